The molecule has 202 valence electrons. The van der Waals surface area contributed by atoms with Crippen molar-refractivity contribution in [2.24, 2.45) is 11.8 Å². The lowest BCUT2D eigenvalue weighted by Crippen LogP contribution is -2.37. The Kier molecular flexibility index (Phi) is 7.16. The second-order valence-electron chi connectivity index (χ2n) is 10.5. The number of anilines is 1. The van der Waals surface area contributed by atoms with Gasteiger partial charge in [-0.3, -0.25) is 0 Å². The number of piperidine rings is 1. The van der Waals surface area contributed by atoms with Gasteiger partial charge in [0.1, 0.15) is 22.8 Å². The first-order valence-corrected chi connectivity index (χ1v) is 14.8. The molecule has 0 radical (unpaired) electrons. The standard InChI is InChI=1S/C31H33FN4O2S/c1-5-20-8-7-9-21-13-22(38-17-37-3)14-23(25(20)21)28-27(32)29-26(24(6-2)33-28)30(35-31(34-29)39-4)36-15-18-10-11-19(12-18)16-36/h6-9,13-14,18-19H,2,5,10-12,15-17H2,1,3-4H3. The number of aryl methyl sites for hydroxylation is 1. The molecule has 6 rings (SSSR count). The van der Waals surface area contributed by atoms with Crippen molar-refractivity contribution in [1.82, 2.24) is 15.0 Å². The first kappa shape index (κ1) is 26.0. The van der Waals surface area contributed by atoms with Crippen LogP contribution in [0.4, 0.5) is 10.2 Å². The summed E-state index contributed by atoms with van der Waals surface area (Å²) in [6.07, 6.45) is 8.19. The Morgan fingerprint density at radius 1 is 1.13 bits per heavy atom. The molecule has 6 nitrogen and oxygen atoms in total. The van der Waals surface area contributed by atoms with E-state index in [1.807, 2.05) is 30.5 Å². The molecule has 1 saturated carbocycles. The van der Waals surface area contributed by atoms with Gasteiger partial charge in [0.15, 0.2) is 17.8 Å². The van der Waals surface area contributed by atoms with Gasteiger partial charge in [-0.1, -0.05) is 43.5 Å². The van der Waals surface area contributed by atoms with Crippen LogP contribution in [0.25, 0.3) is 39.0 Å². The third kappa shape index (κ3) is 4.63. The van der Waals surface area contributed by atoms with E-state index in [0.717, 1.165) is 41.7 Å². The Labute approximate surface area is 232 Å². The number of ether oxygens (including phenoxy) is 2. The van der Waals surface area contributed by atoms with Gasteiger partial charge in [-0.15, -0.1) is 0 Å². The highest BCUT2D eigenvalue weighted by Gasteiger charge is 2.35. The predicted molar refractivity (Wildman–Crippen MR) is 157 cm³/mol. The smallest absolute Gasteiger partial charge is 0.189 e. The van der Waals surface area contributed by atoms with Crippen LogP contribution in [0.2, 0.25) is 0 Å². The largest absolute Gasteiger partial charge is 0.468 e. The van der Waals surface area contributed by atoms with Crippen LogP contribution in [0, 0.1) is 17.7 Å². The zero-order valence-corrected chi connectivity index (χ0v) is 23.5. The average Bonchev–Trinajstić information content (AvgIpc) is 3.31. The third-order valence-electron chi connectivity index (χ3n) is 8.07. The lowest BCUT2D eigenvalue weighted by Gasteiger charge is -2.33. The molecule has 8 heteroatoms. The fourth-order valence-electron chi connectivity index (χ4n) is 6.36. The molecule has 2 atom stereocenters. The van der Waals surface area contributed by atoms with Crippen LogP contribution in [-0.2, 0) is 11.2 Å². The zero-order valence-electron chi connectivity index (χ0n) is 22.7. The van der Waals surface area contributed by atoms with E-state index in [4.69, 9.17) is 24.4 Å². The van der Waals surface area contributed by atoms with Gasteiger partial charge in [-0.25, -0.2) is 19.3 Å². The molecule has 4 aromatic rings. The highest BCUT2D eigenvalue weighted by atomic mass is 32.2. The minimum atomic E-state index is -0.453. The molecule has 1 saturated heterocycles. The van der Waals surface area contributed by atoms with Crippen molar-refractivity contribution in [3.8, 4) is 17.0 Å². The summed E-state index contributed by atoms with van der Waals surface area (Å²) in [5, 5.41) is 3.10. The van der Waals surface area contributed by atoms with Crippen molar-refractivity contribution in [2.45, 2.75) is 37.8 Å². The molecule has 0 amide bonds. The lowest BCUT2D eigenvalue weighted by molar-refractivity contribution is 0.0512. The number of fused-ring (bicyclic) bond motifs is 4. The number of nitrogens with zero attached hydrogens (tertiary/aromatic N) is 4. The molecule has 2 bridgehead atoms. The van der Waals surface area contributed by atoms with E-state index in [2.05, 4.69) is 24.5 Å². The number of pyridine rings is 1. The SMILES string of the molecule is C=Cc1nc(-c2cc(OCOC)cc3cccc(CC)c23)c(F)c2nc(SC)nc(N3CC4CCC(C4)C3)c12. The molecule has 2 unspecified atom stereocenters. The second-order valence-corrected chi connectivity index (χ2v) is 11.2. The lowest BCUT2D eigenvalue weighted by atomic mass is 9.94. The maximum absolute atomic E-state index is 16.8. The minimum Gasteiger partial charge on any atom is -0.468 e. The first-order chi connectivity index (χ1) is 19.0. The van der Waals surface area contributed by atoms with Gasteiger partial charge in [-0.2, -0.15) is 0 Å². The molecule has 3 heterocycles. The summed E-state index contributed by atoms with van der Waals surface area (Å²) in [5.41, 5.74) is 2.89. The van der Waals surface area contributed by atoms with Gasteiger partial charge in [0.05, 0.1) is 11.1 Å². The molecule has 1 aliphatic carbocycles. The summed E-state index contributed by atoms with van der Waals surface area (Å²) in [6, 6.07) is 9.92. The predicted octanol–water partition coefficient (Wildman–Crippen LogP) is 7.13. The summed E-state index contributed by atoms with van der Waals surface area (Å²) in [4.78, 5) is 16.8. The van der Waals surface area contributed by atoms with Gasteiger partial charge in [-0.05, 0) is 78.3 Å². The number of halogens is 1. The van der Waals surface area contributed by atoms with Crippen LogP contribution >= 0.6 is 11.8 Å². The summed E-state index contributed by atoms with van der Waals surface area (Å²) < 4.78 is 27.7. The van der Waals surface area contributed by atoms with E-state index in [9.17, 15) is 0 Å². The molecule has 0 spiro atoms. The summed E-state index contributed by atoms with van der Waals surface area (Å²) in [7, 11) is 1.58. The molecule has 1 aliphatic heterocycles. The number of rotatable bonds is 8. The molecular weight excluding hydrogens is 511 g/mol. The highest BCUT2D eigenvalue weighted by Crippen LogP contribution is 2.43. The van der Waals surface area contributed by atoms with Crippen molar-refractivity contribution < 1.29 is 13.9 Å². The Morgan fingerprint density at radius 3 is 2.62 bits per heavy atom. The Morgan fingerprint density at radius 2 is 1.92 bits per heavy atom. The molecular formula is C31H33FN4O2S. The second kappa shape index (κ2) is 10.7. The fraction of sp³-hybridized carbons (Fsp3) is 0.387. The third-order valence-corrected chi connectivity index (χ3v) is 8.62. The van der Waals surface area contributed by atoms with E-state index in [1.165, 1.54) is 31.0 Å². The van der Waals surface area contributed by atoms with Gasteiger partial charge < -0.3 is 14.4 Å². The Hall–Kier alpha value is -3.23. The van der Waals surface area contributed by atoms with Crippen molar-refractivity contribution >= 4 is 45.3 Å². The average molecular weight is 545 g/mol. The van der Waals surface area contributed by atoms with Gasteiger partial charge in [0, 0.05) is 25.8 Å². The monoisotopic (exact) mass is 544 g/mol. The van der Waals surface area contributed by atoms with Crippen molar-refractivity contribution in [3.05, 3.63) is 54.0 Å². The van der Waals surface area contributed by atoms with Crippen molar-refractivity contribution in [3.63, 3.8) is 0 Å². The molecule has 2 aromatic heterocycles. The maximum Gasteiger partial charge on any atom is 0.189 e. The number of thioether (sulfide) groups is 1. The molecule has 39 heavy (non-hydrogen) atoms. The topological polar surface area (TPSA) is 60.4 Å². The van der Waals surface area contributed by atoms with Gasteiger partial charge in [0.2, 0.25) is 0 Å². The van der Waals surface area contributed by atoms with Crippen LogP contribution in [0.5, 0.6) is 5.75 Å². The summed E-state index contributed by atoms with van der Waals surface area (Å²) in [6.45, 7) is 8.12. The Bertz CT molecular complexity index is 1560. The van der Waals surface area contributed by atoms with Gasteiger partial charge >= 0.3 is 0 Å². The van der Waals surface area contributed by atoms with Gasteiger partial charge in [0.25, 0.3) is 0 Å². The van der Waals surface area contributed by atoms with E-state index >= 15 is 4.39 Å². The first-order valence-electron chi connectivity index (χ1n) is 13.5. The number of hydrogen-bond acceptors (Lipinski definition) is 7. The molecule has 0 N–H and O–H groups in total. The normalized spacial score (nSPS) is 18.7. The maximum atomic E-state index is 16.8. The summed E-state index contributed by atoms with van der Waals surface area (Å²) >= 11 is 1.43. The van der Waals surface area contributed by atoms with E-state index in [-0.39, 0.29) is 18.0 Å². The quantitative estimate of drug-likeness (QED) is 0.133. The van der Waals surface area contributed by atoms with Crippen LogP contribution in [0.1, 0.15) is 37.4 Å². The Balaban J connectivity index is 1.62. The number of aromatic nitrogens is 3. The highest BCUT2D eigenvalue weighted by molar-refractivity contribution is 7.98. The van der Waals surface area contributed by atoms with E-state index in [0.29, 0.717) is 39.4 Å². The van der Waals surface area contributed by atoms with Crippen LogP contribution in [-0.4, -0.2) is 48.2 Å². The van der Waals surface area contributed by atoms with E-state index < -0.39 is 5.82 Å². The molecule has 2 aliphatic rings. The van der Waals surface area contributed by atoms with Crippen LogP contribution in [0.3, 0.4) is 0 Å². The molecule has 2 fully saturated rings. The number of hydrogen-bond donors (Lipinski definition) is 0. The number of benzene rings is 2. The summed E-state index contributed by atoms with van der Waals surface area (Å²) in [5.74, 6) is 2.22. The van der Waals surface area contributed by atoms with Crippen LogP contribution < -0.4 is 9.64 Å². The molecule has 2 aromatic carbocycles. The number of methoxy groups -OCH3 is 1. The minimum absolute atomic E-state index is 0.0927. The van der Waals surface area contributed by atoms with E-state index in [1.54, 1.807) is 13.2 Å². The van der Waals surface area contributed by atoms with Crippen molar-refractivity contribution in [1.29, 1.82) is 0 Å². The zero-order chi connectivity index (χ0) is 27.1. The fourth-order valence-corrected chi connectivity index (χ4v) is 6.72. The van der Waals surface area contributed by atoms with Crippen LogP contribution in [0.15, 0.2) is 42.1 Å². The van der Waals surface area contributed by atoms with Crippen molar-refractivity contribution in [2.75, 3.05) is 38.1 Å².